The lowest BCUT2D eigenvalue weighted by Gasteiger charge is -2.20. The first-order chi connectivity index (χ1) is 10.2. The summed E-state index contributed by atoms with van der Waals surface area (Å²) in [6, 6.07) is 3.72. The molecular formula is C17H26N2O3. The summed E-state index contributed by atoms with van der Waals surface area (Å²) in [5.41, 5.74) is 5.24. The molecule has 5 heteroatoms. The number of aryl methyl sites for hydroxylation is 2. The van der Waals surface area contributed by atoms with Crippen LogP contribution in [0.1, 0.15) is 56.4 Å². The molecular weight excluding hydrogens is 280 g/mol. The summed E-state index contributed by atoms with van der Waals surface area (Å²) in [6.07, 6.45) is 1.75. The highest BCUT2D eigenvalue weighted by molar-refractivity contribution is 5.96. The lowest BCUT2D eigenvalue weighted by atomic mass is 9.93. The van der Waals surface area contributed by atoms with Crippen molar-refractivity contribution in [2.24, 2.45) is 0 Å². The molecule has 0 aliphatic heterocycles. The Morgan fingerprint density at radius 1 is 1.36 bits per heavy atom. The molecule has 0 heterocycles. The number of ether oxygens (including phenoxy) is 1. The van der Waals surface area contributed by atoms with Crippen molar-refractivity contribution in [3.05, 3.63) is 34.4 Å². The molecule has 0 bridgehead atoms. The molecule has 0 radical (unpaired) electrons. The van der Waals surface area contributed by atoms with Gasteiger partial charge in [0.2, 0.25) is 0 Å². The lowest BCUT2D eigenvalue weighted by molar-refractivity contribution is -0.154. The van der Waals surface area contributed by atoms with Crippen molar-refractivity contribution >= 4 is 11.8 Å². The van der Waals surface area contributed by atoms with E-state index >= 15 is 0 Å². The second-order valence-corrected chi connectivity index (χ2v) is 6.36. The van der Waals surface area contributed by atoms with Crippen LogP contribution in [0.4, 0.5) is 0 Å². The van der Waals surface area contributed by atoms with Crippen molar-refractivity contribution in [3.8, 4) is 0 Å². The molecule has 1 aromatic carbocycles. The topological polar surface area (TPSA) is 82.4 Å². The maximum Gasteiger partial charge on any atom is 0.306 e. The normalized spacial score (nSPS) is 11.2. The molecule has 0 unspecified atom stereocenters. The number of esters is 1. The minimum atomic E-state index is -0.467. The molecule has 0 atom stereocenters. The molecule has 3 N–H and O–H groups in total. The number of hydroxylamine groups is 1. The van der Waals surface area contributed by atoms with Crippen LogP contribution in [0.25, 0.3) is 0 Å². The van der Waals surface area contributed by atoms with Gasteiger partial charge < -0.3 is 4.74 Å². The van der Waals surface area contributed by atoms with Crippen LogP contribution in [0, 0.1) is 12.3 Å². The average molecular weight is 306 g/mol. The summed E-state index contributed by atoms with van der Waals surface area (Å²) in [7, 11) is 0. The predicted molar refractivity (Wildman–Crippen MR) is 86.5 cm³/mol. The largest absolute Gasteiger partial charge is 0.460 e. The molecule has 0 aromatic heterocycles. The second-order valence-electron chi connectivity index (χ2n) is 6.36. The van der Waals surface area contributed by atoms with Crippen LogP contribution >= 0.6 is 0 Å². The minimum Gasteiger partial charge on any atom is -0.460 e. The fourth-order valence-electron chi connectivity index (χ4n) is 2.39. The summed E-state index contributed by atoms with van der Waals surface area (Å²) in [5, 5.41) is 16.5. The van der Waals surface area contributed by atoms with E-state index in [1.807, 2.05) is 52.2 Å². The SMILES string of the molecule is CCc1cc(C(=N)NO)cc(C)c1CCC(=O)OC(C)(C)C. The van der Waals surface area contributed by atoms with Crippen LogP contribution in [-0.2, 0) is 22.4 Å². The van der Waals surface area contributed by atoms with Crippen LogP contribution in [-0.4, -0.2) is 22.6 Å². The summed E-state index contributed by atoms with van der Waals surface area (Å²) < 4.78 is 5.34. The van der Waals surface area contributed by atoms with Crippen LogP contribution < -0.4 is 5.48 Å². The molecule has 0 saturated carbocycles. The first-order valence-electron chi connectivity index (χ1n) is 7.51. The van der Waals surface area contributed by atoms with Gasteiger partial charge in [-0.3, -0.25) is 20.9 Å². The van der Waals surface area contributed by atoms with Crippen molar-refractivity contribution in [1.29, 1.82) is 5.41 Å². The summed E-state index contributed by atoms with van der Waals surface area (Å²) in [4.78, 5) is 11.9. The number of amidine groups is 1. The third kappa shape index (κ3) is 5.15. The molecule has 0 aliphatic carbocycles. The lowest BCUT2D eigenvalue weighted by Crippen LogP contribution is -2.24. The van der Waals surface area contributed by atoms with E-state index in [2.05, 4.69) is 0 Å². The number of rotatable bonds is 5. The van der Waals surface area contributed by atoms with Gasteiger partial charge in [0.25, 0.3) is 0 Å². The number of benzene rings is 1. The van der Waals surface area contributed by atoms with Gasteiger partial charge in [0.15, 0.2) is 0 Å². The third-order valence-corrected chi connectivity index (χ3v) is 3.35. The van der Waals surface area contributed by atoms with Crippen LogP contribution in [0.3, 0.4) is 0 Å². The van der Waals surface area contributed by atoms with E-state index in [4.69, 9.17) is 15.4 Å². The van der Waals surface area contributed by atoms with Gasteiger partial charge in [-0.2, -0.15) is 0 Å². The molecule has 122 valence electrons. The van der Waals surface area contributed by atoms with Crippen molar-refractivity contribution in [2.75, 3.05) is 0 Å². The molecule has 0 amide bonds. The van der Waals surface area contributed by atoms with Gasteiger partial charge in [-0.05, 0) is 69.4 Å². The van der Waals surface area contributed by atoms with Gasteiger partial charge in [-0.1, -0.05) is 6.92 Å². The minimum absolute atomic E-state index is 0.0310. The summed E-state index contributed by atoms with van der Waals surface area (Å²) in [6.45, 7) is 9.56. The first-order valence-corrected chi connectivity index (χ1v) is 7.51. The van der Waals surface area contributed by atoms with Gasteiger partial charge in [0, 0.05) is 12.0 Å². The van der Waals surface area contributed by atoms with Crippen molar-refractivity contribution < 1.29 is 14.7 Å². The van der Waals surface area contributed by atoms with Crippen LogP contribution in [0.15, 0.2) is 12.1 Å². The quantitative estimate of drug-likeness (QED) is 0.338. The highest BCUT2D eigenvalue weighted by Crippen LogP contribution is 2.21. The van der Waals surface area contributed by atoms with Gasteiger partial charge in [-0.25, -0.2) is 0 Å². The van der Waals surface area contributed by atoms with Crippen molar-refractivity contribution in [1.82, 2.24) is 5.48 Å². The number of hydrogen-bond acceptors (Lipinski definition) is 4. The van der Waals surface area contributed by atoms with Gasteiger partial charge in [-0.15, -0.1) is 0 Å². The third-order valence-electron chi connectivity index (χ3n) is 3.35. The zero-order valence-electron chi connectivity index (χ0n) is 14.0. The Morgan fingerprint density at radius 2 is 2.00 bits per heavy atom. The maximum absolute atomic E-state index is 11.9. The highest BCUT2D eigenvalue weighted by atomic mass is 16.6. The van der Waals surface area contributed by atoms with E-state index in [0.29, 0.717) is 18.4 Å². The molecule has 0 fully saturated rings. The highest BCUT2D eigenvalue weighted by Gasteiger charge is 2.17. The summed E-state index contributed by atoms with van der Waals surface area (Å²) in [5.74, 6) is -0.237. The first kappa shape index (κ1) is 18.2. The van der Waals surface area contributed by atoms with Crippen molar-refractivity contribution in [3.63, 3.8) is 0 Å². The standard InChI is InChI=1S/C17H26N2O3/c1-6-12-10-13(16(18)19-21)9-11(2)14(12)7-8-15(20)22-17(3,4)5/h9-10,21H,6-8H2,1-5H3,(H2,18,19). The van der Waals surface area contributed by atoms with E-state index in [1.165, 1.54) is 0 Å². The molecule has 1 aromatic rings. The molecule has 0 spiro atoms. The zero-order chi connectivity index (χ0) is 16.9. The number of carbonyl (C=O) groups is 1. The number of carbonyl (C=O) groups excluding carboxylic acids is 1. The molecule has 22 heavy (non-hydrogen) atoms. The zero-order valence-corrected chi connectivity index (χ0v) is 14.0. The summed E-state index contributed by atoms with van der Waals surface area (Å²) >= 11 is 0. The van der Waals surface area contributed by atoms with E-state index in [-0.39, 0.29) is 11.8 Å². The Balaban J connectivity index is 2.91. The predicted octanol–water partition coefficient (Wildman–Crippen LogP) is 3.14. The molecule has 5 nitrogen and oxygen atoms in total. The van der Waals surface area contributed by atoms with Gasteiger partial charge in [0.1, 0.15) is 11.4 Å². The van der Waals surface area contributed by atoms with E-state index in [0.717, 1.165) is 23.1 Å². The fraction of sp³-hybridized carbons (Fsp3) is 0.529. The Hall–Kier alpha value is -1.88. The number of hydrogen-bond donors (Lipinski definition) is 3. The maximum atomic E-state index is 11.9. The molecule has 0 saturated heterocycles. The Labute approximate surface area is 132 Å². The second kappa shape index (κ2) is 7.40. The van der Waals surface area contributed by atoms with E-state index in [9.17, 15) is 4.79 Å². The molecule has 0 aliphatic rings. The smallest absolute Gasteiger partial charge is 0.306 e. The van der Waals surface area contributed by atoms with Crippen LogP contribution in [0.2, 0.25) is 0 Å². The van der Waals surface area contributed by atoms with E-state index in [1.54, 1.807) is 0 Å². The van der Waals surface area contributed by atoms with Gasteiger partial charge in [0.05, 0.1) is 0 Å². The Bertz CT molecular complexity index is 560. The monoisotopic (exact) mass is 306 g/mol. The van der Waals surface area contributed by atoms with Crippen molar-refractivity contribution in [2.45, 2.75) is 59.5 Å². The average Bonchev–Trinajstić information content (AvgIpc) is 2.42. The Morgan fingerprint density at radius 3 is 2.50 bits per heavy atom. The van der Waals surface area contributed by atoms with Gasteiger partial charge >= 0.3 is 5.97 Å². The molecule has 1 rings (SSSR count). The van der Waals surface area contributed by atoms with Crippen LogP contribution in [0.5, 0.6) is 0 Å². The van der Waals surface area contributed by atoms with E-state index < -0.39 is 5.60 Å². The fourth-order valence-corrected chi connectivity index (χ4v) is 2.39. The number of nitrogens with one attached hydrogen (secondary N) is 2. The Kier molecular flexibility index (Phi) is 6.11.